The van der Waals surface area contributed by atoms with Crippen LogP contribution in [0.15, 0.2) is 30.3 Å². The van der Waals surface area contributed by atoms with Gasteiger partial charge in [0.1, 0.15) is 0 Å². The molecular weight excluding hydrogens is 332 g/mol. The molecule has 4 atom stereocenters. The molecule has 146 valence electrons. The van der Waals surface area contributed by atoms with Crippen LogP contribution in [0.3, 0.4) is 0 Å². The molecule has 0 aliphatic carbocycles. The highest BCUT2D eigenvalue weighted by Crippen LogP contribution is 2.20. The van der Waals surface area contributed by atoms with Gasteiger partial charge >= 0.3 is 5.97 Å². The van der Waals surface area contributed by atoms with Crippen molar-refractivity contribution in [2.24, 2.45) is 11.8 Å². The zero-order chi connectivity index (χ0) is 19.5. The van der Waals surface area contributed by atoms with Gasteiger partial charge in [-0.2, -0.15) is 0 Å². The van der Waals surface area contributed by atoms with Crippen LogP contribution in [0, 0.1) is 11.8 Å². The first-order valence-corrected chi connectivity index (χ1v) is 9.32. The van der Waals surface area contributed by atoms with Crippen LogP contribution in [0.2, 0.25) is 0 Å². The number of ether oxygens (including phenoxy) is 3. The Labute approximate surface area is 157 Å². The minimum Gasteiger partial charge on any atom is -0.451 e. The van der Waals surface area contributed by atoms with Crippen LogP contribution in [-0.4, -0.2) is 44.3 Å². The molecule has 0 radical (unpaired) electrons. The molecule has 5 nitrogen and oxygen atoms in total. The Bertz CT molecular complexity index is 543. The molecule has 0 spiro atoms. The summed E-state index contributed by atoms with van der Waals surface area (Å²) in [6, 6.07) is 8.66. The number of methoxy groups -OCH3 is 1. The summed E-state index contributed by atoms with van der Waals surface area (Å²) >= 11 is 0. The van der Waals surface area contributed by atoms with Gasteiger partial charge in [-0.3, -0.25) is 4.79 Å². The predicted octanol–water partition coefficient (Wildman–Crippen LogP) is 3.90. The second-order valence-corrected chi connectivity index (χ2v) is 6.71. The van der Waals surface area contributed by atoms with Crippen LogP contribution in [-0.2, 0) is 19.0 Å². The number of hydrogen-bond donors (Lipinski definition) is 0. The molecule has 0 unspecified atom stereocenters. The Kier molecular flexibility index (Phi) is 10.1. The largest absolute Gasteiger partial charge is 0.451 e. The molecule has 26 heavy (non-hydrogen) atoms. The summed E-state index contributed by atoms with van der Waals surface area (Å²) in [6.45, 7) is 8.79. The Hall–Kier alpha value is -1.72. The second-order valence-electron chi connectivity index (χ2n) is 6.71. The second kappa shape index (κ2) is 11.8. The highest BCUT2D eigenvalue weighted by molar-refractivity contribution is 5.93. The molecule has 0 N–H and O–H groups in total. The van der Waals surface area contributed by atoms with Gasteiger partial charge in [-0.15, -0.1) is 0 Å². The SMILES string of the molecule is CCCCOC[C@@H](C)[C@@H](OC)[C@@H](C)C(=O)[C@H](C)OC(=O)c1ccccc1. The highest BCUT2D eigenvalue weighted by Gasteiger charge is 2.33. The number of rotatable bonds is 12. The van der Waals surface area contributed by atoms with Crippen molar-refractivity contribution in [1.82, 2.24) is 0 Å². The Balaban J connectivity index is 2.60. The molecule has 0 aromatic heterocycles. The summed E-state index contributed by atoms with van der Waals surface area (Å²) in [4.78, 5) is 24.8. The van der Waals surface area contributed by atoms with E-state index in [2.05, 4.69) is 6.92 Å². The van der Waals surface area contributed by atoms with E-state index in [0.29, 0.717) is 18.8 Å². The Morgan fingerprint density at radius 3 is 2.31 bits per heavy atom. The average molecular weight is 364 g/mol. The Morgan fingerprint density at radius 1 is 1.08 bits per heavy atom. The van der Waals surface area contributed by atoms with Crippen molar-refractivity contribution in [1.29, 1.82) is 0 Å². The monoisotopic (exact) mass is 364 g/mol. The van der Waals surface area contributed by atoms with Gasteiger partial charge in [0.15, 0.2) is 11.9 Å². The van der Waals surface area contributed by atoms with Crippen LogP contribution < -0.4 is 0 Å². The fourth-order valence-electron chi connectivity index (χ4n) is 2.93. The molecule has 5 heteroatoms. The van der Waals surface area contributed by atoms with Crippen LogP contribution in [0.5, 0.6) is 0 Å². The van der Waals surface area contributed by atoms with Gasteiger partial charge in [-0.25, -0.2) is 4.79 Å². The fraction of sp³-hybridized carbons (Fsp3) is 0.619. The van der Waals surface area contributed by atoms with Crippen molar-refractivity contribution in [3.05, 3.63) is 35.9 Å². The lowest BCUT2D eigenvalue weighted by molar-refractivity contribution is -0.137. The van der Waals surface area contributed by atoms with E-state index in [-0.39, 0.29) is 17.8 Å². The van der Waals surface area contributed by atoms with Crippen LogP contribution in [0.25, 0.3) is 0 Å². The standard InChI is InChI=1S/C21H32O5/c1-6-7-13-25-14-15(2)20(24-5)16(3)19(22)17(4)26-21(23)18-11-9-8-10-12-18/h8-12,15-17,20H,6-7,13-14H2,1-5H3/t15-,16+,17+,20-/m1/s1. The van der Waals surface area contributed by atoms with Gasteiger partial charge in [0.25, 0.3) is 0 Å². The normalized spacial score (nSPS) is 15.7. The summed E-state index contributed by atoms with van der Waals surface area (Å²) < 4.78 is 16.5. The van der Waals surface area contributed by atoms with E-state index in [4.69, 9.17) is 14.2 Å². The van der Waals surface area contributed by atoms with E-state index in [1.807, 2.05) is 19.9 Å². The highest BCUT2D eigenvalue weighted by atomic mass is 16.5. The number of hydrogen-bond acceptors (Lipinski definition) is 5. The van der Waals surface area contributed by atoms with Gasteiger partial charge < -0.3 is 14.2 Å². The van der Waals surface area contributed by atoms with E-state index in [0.717, 1.165) is 12.8 Å². The maximum absolute atomic E-state index is 12.7. The van der Waals surface area contributed by atoms with E-state index < -0.39 is 18.0 Å². The maximum atomic E-state index is 12.7. The number of carbonyl (C=O) groups is 2. The molecule has 1 aromatic carbocycles. The molecule has 1 rings (SSSR count). The summed E-state index contributed by atoms with van der Waals surface area (Å²) in [6.07, 6.45) is 0.984. The maximum Gasteiger partial charge on any atom is 0.338 e. The third-order valence-electron chi connectivity index (χ3n) is 4.49. The lowest BCUT2D eigenvalue weighted by Gasteiger charge is -2.29. The number of Topliss-reactive ketones (excluding diaryl/α,β-unsaturated/α-hetero) is 1. The van der Waals surface area contributed by atoms with E-state index in [1.54, 1.807) is 38.3 Å². The molecule has 0 amide bonds. The molecule has 0 saturated heterocycles. The van der Waals surface area contributed by atoms with Crippen molar-refractivity contribution in [3.63, 3.8) is 0 Å². The van der Waals surface area contributed by atoms with Crippen LogP contribution >= 0.6 is 0 Å². The summed E-state index contributed by atoms with van der Waals surface area (Å²) in [5.74, 6) is -0.985. The van der Waals surface area contributed by atoms with Crippen molar-refractivity contribution < 1.29 is 23.8 Å². The summed E-state index contributed by atoms with van der Waals surface area (Å²) in [5, 5.41) is 0. The van der Waals surface area contributed by atoms with Crippen LogP contribution in [0.4, 0.5) is 0 Å². The lowest BCUT2D eigenvalue weighted by Crippen LogP contribution is -2.40. The molecule has 0 aliphatic heterocycles. The fourth-order valence-corrected chi connectivity index (χ4v) is 2.93. The van der Waals surface area contributed by atoms with Gasteiger partial charge in [-0.05, 0) is 25.5 Å². The number of carbonyl (C=O) groups excluding carboxylic acids is 2. The summed E-state index contributed by atoms with van der Waals surface area (Å²) in [5.41, 5.74) is 0.431. The zero-order valence-corrected chi connectivity index (χ0v) is 16.6. The molecule has 0 aliphatic rings. The van der Waals surface area contributed by atoms with Crippen molar-refractivity contribution in [3.8, 4) is 0 Å². The van der Waals surface area contributed by atoms with E-state index in [9.17, 15) is 9.59 Å². The lowest BCUT2D eigenvalue weighted by atomic mass is 9.88. The topological polar surface area (TPSA) is 61.8 Å². The van der Waals surface area contributed by atoms with Crippen molar-refractivity contribution in [2.45, 2.75) is 52.7 Å². The third-order valence-corrected chi connectivity index (χ3v) is 4.49. The minimum atomic E-state index is -0.830. The van der Waals surface area contributed by atoms with Gasteiger partial charge in [0.2, 0.25) is 0 Å². The van der Waals surface area contributed by atoms with Crippen LogP contribution in [0.1, 0.15) is 50.9 Å². The van der Waals surface area contributed by atoms with Gasteiger partial charge in [0, 0.05) is 25.6 Å². The number of benzene rings is 1. The molecule has 0 fully saturated rings. The molecule has 0 saturated carbocycles. The number of ketones is 1. The van der Waals surface area contributed by atoms with E-state index in [1.165, 1.54) is 0 Å². The minimum absolute atomic E-state index is 0.0628. The van der Waals surface area contributed by atoms with Gasteiger partial charge in [-0.1, -0.05) is 45.4 Å². The van der Waals surface area contributed by atoms with Crippen molar-refractivity contribution in [2.75, 3.05) is 20.3 Å². The zero-order valence-electron chi connectivity index (χ0n) is 16.6. The Morgan fingerprint density at radius 2 is 1.73 bits per heavy atom. The summed E-state index contributed by atoms with van der Waals surface area (Å²) in [7, 11) is 1.59. The quantitative estimate of drug-likeness (QED) is 0.416. The number of unbranched alkanes of at least 4 members (excludes halogenated alkanes) is 1. The molecule has 0 bridgehead atoms. The van der Waals surface area contributed by atoms with Crippen molar-refractivity contribution >= 4 is 11.8 Å². The smallest absolute Gasteiger partial charge is 0.338 e. The predicted molar refractivity (Wildman–Crippen MR) is 101 cm³/mol. The van der Waals surface area contributed by atoms with E-state index >= 15 is 0 Å². The number of esters is 1. The third kappa shape index (κ3) is 6.89. The first-order valence-electron chi connectivity index (χ1n) is 9.32. The molecular formula is C21H32O5. The average Bonchev–Trinajstić information content (AvgIpc) is 2.65. The van der Waals surface area contributed by atoms with Gasteiger partial charge in [0.05, 0.1) is 18.3 Å². The molecule has 1 aromatic rings. The molecule has 0 heterocycles. The first-order chi connectivity index (χ1) is 12.4. The first kappa shape index (κ1) is 22.3.